The van der Waals surface area contributed by atoms with Crippen LogP contribution in [0.25, 0.3) is 0 Å². The number of ether oxygens (including phenoxy) is 2. The topological polar surface area (TPSA) is 165 Å². The maximum absolute atomic E-state index is 14.1. The number of nitrogens with zero attached hydrogens (tertiary/aromatic N) is 3. The first-order valence-corrected chi connectivity index (χ1v) is 12.4. The number of nitro groups is 3. The monoisotopic (exact) mass is 829 g/mol. The number of carbonyl (C=O) groups is 1. The summed E-state index contributed by atoms with van der Waals surface area (Å²) >= 11 is 0. The molecule has 12 nitrogen and oxygen atoms in total. The van der Waals surface area contributed by atoms with Crippen LogP contribution in [-0.2, 0) is 4.74 Å². The zero-order valence-corrected chi connectivity index (χ0v) is 24.5. The van der Waals surface area contributed by atoms with E-state index in [1.807, 2.05) is 0 Å². The Labute approximate surface area is 275 Å². The minimum Gasteiger partial charge on any atom is -0.427 e. The summed E-state index contributed by atoms with van der Waals surface area (Å²) in [6.45, 7) is -1.94. The average Bonchev–Trinajstić information content (AvgIpc) is 2.98. The van der Waals surface area contributed by atoms with Gasteiger partial charge in [-0.05, 0) is 5.92 Å². The zero-order chi connectivity index (χ0) is 42.7. The van der Waals surface area contributed by atoms with Crippen molar-refractivity contribution in [1.82, 2.24) is 0 Å². The van der Waals surface area contributed by atoms with Crippen molar-refractivity contribution in [3.8, 4) is 5.75 Å². The second kappa shape index (κ2) is 13.6. The molecular weight excluding hydrogens is 818 g/mol. The van der Waals surface area contributed by atoms with Gasteiger partial charge in [0.05, 0.1) is 14.8 Å². The lowest BCUT2D eigenvalue weighted by atomic mass is 9.86. The van der Waals surface area contributed by atoms with Crippen molar-refractivity contribution in [2.45, 2.75) is 79.5 Å². The number of hydrogen-bond donors (Lipinski definition) is 0. The number of rotatable bonds is 16. The van der Waals surface area contributed by atoms with Gasteiger partial charge in [-0.3, -0.25) is 30.3 Å². The lowest BCUT2D eigenvalue weighted by molar-refractivity contribution is -0.465. The molecule has 0 radical (unpaired) electrons. The van der Waals surface area contributed by atoms with Crippen molar-refractivity contribution in [3.05, 3.63) is 42.0 Å². The summed E-state index contributed by atoms with van der Waals surface area (Å²) in [6.07, 6.45) is -9.51. The standard InChI is InChI=1S/C21H11F20N3O9/c1-5(2)6-3-7(42(46)47)10(9(44(50)51)8(6)43(48)49)53-12(45)52-4-13(24,25)15(28,29)17(32,33)19(36,37)21(40,41)20(38,39)18(34,35)16(30,31)14(26,27)11(22)23/h3,5,11H,4H2,1-2H3. The molecule has 0 aliphatic rings. The summed E-state index contributed by atoms with van der Waals surface area (Å²) in [5.41, 5.74) is -6.67. The molecule has 1 rings (SSSR count). The minimum absolute atomic E-state index is 0.0772. The summed E-state index contributed by atoms with van der Waals surface area (Å²) in [6, 6.07) is 0.0772. The Kier molecular flexibility index (Phi) is 11.9. The van der Waals surface area contributed by atoms with E-state index in [1.165, 1.54) is 0 Å². The third kappa shape index (κ3) is 6.82. The molecule has 304 valence electrons. The third-order valence-corrected chi connectivity index (χ3v) is 6.50. The van der Waals surface area contributed by atoms with Crippen molar-refractivity contribution in [3.63, 3.8) is 0 Å². The van der Waals surface area contributed by atoms with E-state index in [0.29, 0.717) is 0 Å². The Morgan fingerprint density at radius 3 is 1.30 bits per heavy atom. The van der Waals surface area contributed by atoms with Gasteiger partial charge in [0.15, 0.2) is 6.61 Å². The molecule has 0 N–H and O–H groups in total. The molecule has 0 fully saturated rings. The van der Waals surface area contributed by atoms with Crippen LogP contribution >= 0.6 is 0 Å². The fourth-order valence-electron chi connectivity index (χ4n) is 3.60. The Hall–Kier alpha value is -4.71. The zero-order valence-electron chi connectivity index (χ0n) is 24.5. The molecule has 0 saturated heterocycles. The van der Waals surface area contributed by atoms with Crippen molar-refractivity contribution < 1.29 is 117 Å². The van der Waals surface area contributed by atoms with Gasteiger partial charge in [0, 0.05) is 11.6 Å². The molecule has 0 aliphatic carbocycles. The lowest BCUT2D eigenvalue weighted by Crippen LogP contribution is -2.76. The Balaban J connectivity index is 3.70. The van der Waals surface area contributed by atoms with Gasteiger partial charge in [-0.15, -0.1) is 0 Å². The average molecular weight is 829 g/mol. The quantitative estimate of drug-likeness (QED) is 0.0520. The minimum atomic E-state index is -9.32. The van der Waals surface area contributed by atoms with Crippen LogP contribution in [0.1, 0.15) is 25.3 Å². The highest BCUT2D eigenvalue weighted by Crippen LogP contribution is 2.65. The summed E-state index contributed by atoms with van der Waals surface area (Å²) in [4.78, 5) is 40.8. The van der Waals surface area contributed by atoms with Gasteiger partial charge in [-0.2, -0.15) is 79.0 Å². The predicted octanol–water partition coefficient (Wildman–Crippen LogP) is 9.03. The second-order valence-electron chi connectivity index (χ2n) is 10.2. The third-order valence-electron chi connectivity index (χ3n) is 6.50. The van der Waals surface area contributed by atoms with Crippen LogP contribution in [0.3, 0.4) is 0 Å². The number of benzene rings is 1. The number of nitro benzene ring substituents is 3. The summed E-state index contributed by atoms with van der Waals surface area (Å²) in [7, 11) is 0. The second-order valence-corrected chi connectivity index (χ2v) is 10.2. The lowest BCUT2D eigenvalue weighted by Gasteiger charge is -2.44. The highest BCUT2D eigenvalue weighted by atomic mass is 19.4. The van der Waals surface area contributed by atoms with Gasteiger partial charge in [0.25, 0.3) is 5.75 Å². The van der Waals surface area contributed by atoms with Crippen LogP contribution < -0.4 is 4.74 Å². The van der Waals surface area contributed by atoms with Crippen LogP contribution in [-0.4, -0.2) is 87.3 Å². The van der Waals surface area contributed by atoms with Gasteiger partial charge in [-0.1, -0.05) is 13.8 Å². The van der Waals surface area contributed by atoms with Gasteiger partial charge < -0.3 is 9.47 Å². The van der Waals surface area contributed by atoms with E-state index in [9.17, 15) is 123 Å². The van der Waals surface area contributed by atoms with Crippen LogP contribution in [0.5, 0.6) is 5.75 Å². The number of alkyl halides is 20. The Morgan fingerprint density at radius 1 is 0.623 bits per heavy atom. The molecule has 0 atom stereocenters. The highest BCUT2D eigenvalue weighted by Gasteiger charge is 2.96. The molecule has 0 aliphatic heterocycles. The molecule has 0 saturated carbocycles. The molecule has 0 bridgehead atoms. The molecule has 0 heterocycles. The summed E-state index contributed by atoms with van der Waals surface area (Å²) < 4.78 is 278. The van der Waals surface area contributed by atoms with Crippen molar-refractivity contribution in [1.29, 1.82) is 0 Å². The van der Waals surface area contributed by atoms with Crippen LogP contribution in [0.2, 0.25) is 0 Å². The van der Waals surface area contributed by atoms with E-state index < -0.39 is 122 Å². The molecular formula is C21H11F20N3O9. The maximum Gasteiger partial charge on any atom is 0.514 e. The molecule has 0 aromatic heterocycles. The number of hydrogen-bond acceptors (Lipinski definition) is 9. The Morgan fingerprint density at radius 2 is 0.981 bits per heavy atom. The van der Waals surface area contributed by atoms with E-state index in [-0.39, 0.29) is 6.07 Å². The van der Waals surface area contributed by atoms with Crippen LogP contribution in [0, 0.1) is 30.3 Å². The molecule has 1 aromatic rings. The Bertz CT molecular complexity index is 1630. The van der Waals surface area contributed by atoms with E-state index in [0.717, 1.165) is 13.8 Å². The maximum atomic E-state index is 14.1. The normalized spacial score (nSPS) is 14.4. The van der Waals surface area contributed by atoms with Gasteiger partial charge in [0.2, 0.25) is 0 Å². The smallest absolute Gasteiger partial charge is 0.427 e. The van der Waals surface area contributed by atoms with Crippen LogP contribution in [0.4, 0.5) is 110 Å². The number of carbonyl (C=O) groups excluding carboxylic acids is 1. The molecule has 53 heavy (non-hydrogen) atoms. The van der Waals surface area contributed by atoms with Crippen molar-refractivity contribution >= 4 is 23.2 Å². The van der Waals surface area contributed by atoms with Gasteiger partial charge in [-0.25, -0.2) is 13.6 Å². The van der Waals surface area contributed by atoms with Crippen molar-refractivity contribution in [2.75, 3.05) is 6.61 Å². The summed E-state index contributed by atoms with van der Waals surface area (Å²) in [5, 5.41) is 34.3. The molecule has 0 amide bonds. The van der Waals surface area contributed by atoms with Gasteiger partial charge >= 0.3 is 82.9 Å². The largest absolute Gasteiger partial charge is 0.514 e. The molecule has 0 unspecified atom stereocenters. The summed E-state index contributed by atoms with van der Waals surface area (Å²) in [5.74, 6) is -81.8. The van der Waals surface area contributed by atoms with Crippen LogP contribution in [0.15, 0.2) is 6.07 Å². The van der Waals surface area contributed by atoms with E-state index in [2.05, 4.69) is 9.47 Å². The highest BCUT2D eigenvalue weighted by molar-refractivity contribution is 5.78. The SMILES string of the molecule is CC(C)c1cc([N+](=O)[O-])c(OC(=O)OCC(F)(F)C(F)(F)C(F)(F)C(F)(F)C(F)(F)C(F)(F)C(F)(F)C(F)(F)C(F)(F)C(F)F)c([N+](=O)[O-])c1[N+](=O)[O-]. The van der Waals surface area contributed by atoms with E-state index >= 15 is 0 Å². The fourth-order valence-corrected chi connectivity index (χ4v) is 3.60. The molecule has 0 spiro atoms. The molecule has 1 aromatic carbocycles. The van der Waals surface area contributed by atoms with Crippen molar-refractivity contribution in [2.24, 2.45) is 0 Å². The number of halogens is 20. The van der Waals surface area contributed by atoms with Gasteiger partial charge in [0.1, 0.15) is 0 Å². The first kappa shape index (κ1) is 46.3. The first-order valence-electron chi connectivity index (χ1n) is 12.4. The molecule has 32 heteroatoms. The van der Waals surface area contributed by atoms with E-state index in [4.69, 9.17) is 0 Å². The predicted molar refractivity (Wildman–Crippen MR) is 123 cm³/mol. The first-order chi connectivity index (χ1) is 23.2. The fraction of sp³-hybridized carbons (Fsp3) is 0.667. The van der Waals surface area contributed by atoms with E-state index in [1.54, 1.807) is 0 Å².